The second kappa shape index (κ2) is 19.1. The molecule has 3 atom stereocenters. The van der Waals surface area contributed by atoms with Crippen LogP contribution in [0, 0.1) is 17.5 Å². The first kappa shape index (κ1) is 47.3. The molecule has 0 spiro atoms. The second-order valence-corrected chi connectivity index (χ2v) is 18.2. The van der Waals surface area contributed by atoms with Crippen molar-refractivity contribution in [3.8, 4) is 17.0 Å². The zero-order valence-electron chi connectivity index (χ0n) is 38.7. The van der Waals surface area contributed by atoms with Crippen molar-refractivity contribution < 1.29 is 45.3 Å². The third-order valence-corrected chi connectivity index (χ3v) is 13.3. The van der Waals surface area contributed by atoms with Crippen LogP contribution in [0.1, 0.15) is 30.7 Å². The highest BCUT2D eigenvalue weighted by Gasteiger charge is 2.54. The van der Waals surface area contributed by atoms with Crippen LogP contribution >= 0.6 is 0 Å². The third kappa shape index (κ3) is 9.50. The molecule has 71 heavy (non-hydrogen) atoms. The van der Waals surface area contributed by atoms with Crippen molar-refractivity contribution in [3.05, 3.63) is 174 Å². The van der Waals surface area contributed by atoms with E-state index in [0.717, 1.165) is 28.2 Å². The summed E-state index contributed by atoms with van der Waals surface area (Å²) in [7, 11) is 0. The van der Waals surface area contributed by atoms with E-state index in [2.05, 4.69) is 25.0 Å². The van der Waals surface area contributed by atoms with Crippen molar-refractivity contribution >= 4 is 23.1 Å². The van der Waals surface area contributed by atoms with E-state index < -0.39 is 58.8 Å². The van der Waals surface area contributed by atoms with Crippen LogP contribution in [0.25, 0.3) is 11.3 Å². The Kier molecular flexibility index (Phi) is 12.7. The summed E-state index contributed by atoms with van der Waals surface area (Å²) in [5, 5.41) is 8.61. The SMILES string of the molecule is CC(C)N1C(=O)N(c2ccc(N3CCN(c4ccc(OC[C@H]5OC[C@](Cn6cncn6)(c6ccc(F)cc6F)O5)cc4)CC3)cc2)CC1(Cn1nc(-c2ccccc2)cc1C(F)(F)F)c1ccc(F)cc1. The molecule has 1 unspecified atom stereocenters. The van der Waals surface area contributed by atoms with Crippen molar-refractivity contribution in [2.75, 3.05) is 60.6 Å². The van der Waals surface area contributed by atoms with Gasteiger partial charge in [0.15, 0.2) is 6.29 Å². The van der Waals surface area contributed by atoms with Gasteiger partial charge in [0.05, 0.1) is 31.9 Å². The average molecular weight is 978 g/mol. The highest BCUT2D eigenvalue weighted by Crippen LogP contribution is 2.44. The lowest BCUT2D eigenvalue weighted by atomic mass is 9.87. The van der Waals surface area contributed by atoms with Gasteiger partial charge >= 0.3 is 12.2 Å². The van der Waals surface area contributed by atoms with Gasteiger partial charge in [-0.2, -0.15) is 23.4 Å². The number of halogens is 6. The van der Waals surface area contributed by atoms with E-state index in [0.29, 0.717) is 48.7 Å². The summed E-state index contributed by atoms with van der Waals surface area (Å²) >= 11 is 0. The minimum absolute atomic E-state index is 0.0137. The van der Waals surface area contributed by atoms with Crippen molar-refractivity contribution in [2.45, 2.75) is 56.6 Å². The summed E-state index contributed by atoms with van der Waals surface area (Å²) in [6.07, 6.45) is -2.76. The van der Waals surface area contributed by atoms with Crippen molar-refractivity contribution in [3.63, 3.8) is 0 Å². The van der Waals surface area contributed by atoms with E-state index >= 15 is 4.39 Å². The van der Waals surface area contributed by atoms with Gasteiger partial charge in [0.1, 0.15) is 59.3 Å². The van der Waals surface area contributed by atoms with Gasteiger partial charge < -0.3 is 28.9 Å². The number of hydrogen-bond acceptors (Lipinski definition) is 9. The number of urea groups is 1. The monoisotopic (exact) mass is 977 g/mol. The van der Waals surface area contributed by atoms with Crippen molar-refractivity contribution in [1.82, 2.24) is 29.4 Å². The molecule has 3 aliphatic rings. The normalized spacial score (nSPS) is 20.7. The molecule has 3 aliphatic heterocycles. The molecule has 368 valence electrons. The van der Waals surface area contributed by atoms with Gasteiger partial charge in [-0.15, -0.1) is 0 Å². The van der Waals surface area contributed by atoms with E-state index in [4.69, 9.17) is 14.2 Å². The smallest absolute Gasteiger partial charge is 0.433 e. The lowest BCUT2D eigenvalue weighted by Crippen LogP contribution is -2.51. The van der Waals surface area contributed by atoms with Crippen LogP contribution in [0.2, 0.25) is 0 Å². The number of aromatic nitrogens is 5. The standard InChI is InChI=1S/C52H49F6N9O4/c1-35(2)67-49(68)65(29-50(67,37-8-10-38(53)11-9-37)30-66-47(52(56,57)58)27-46(61-66)36-6-4-3-5-7-36)42-15-13-40(14-16-42)62-22-24-63(25-23-62)41-17-19-43(20-18-41)69-28-48-70-32-51(71-48,31-64-34-59-33-60-64)44-21-12-39(54)26-45(44)55/h3-21,26-27,33-35,48H,22-25,28-32H2,1-2H3/t48-,50?,51+/m0/s1. The predicted molar refractivity (Wildman–Crippen MR) is 252 cm³/mol. The van der Waals surface area contributed by atoms with Crippen LogP contribution in [0.5, 0.6) is 5.75 Å². The number of carbonyl (C=O) groups is 1. The zero-order chi connectivity index (χ0) is 49.5. The van der Waals surface area contributed by atoms with E-state index in [9.17, 15) is 26.7 Å². The lowest BCUT2D eigenvalue weighted by molar-refractivity contribution is -0.145. The molecule has 0 saturated carbocycles. The molecule has 0 bridgehead atoms. The molecule has 0 aliphatic carbocycles. The lowest BCUT2D eigenvalue weighted by Gasteiger charge is -2.40. The molecule has 5 aromatic carbocycles. The van der Waals surface area contributed by atoms with Gasteiger partial charge in [-0.05, 0) is 92.2 Å². The molecule has 0 N–H and O–H groups in total. The maximum absolute atomic E-state index is 15.1. The molecule has 5 heterocycles. The molecule has 0 radical (unpaired) electrons. The predicted octanol–water partition coefficient (Wildman–Crippen LogP) is 9.50. The van der Waals surface area contributed by atoms with Gasteiger partial charge in [0, 0.05) is 66.5 Å². The Morgan fingerprint density at radius 1 is 0.775 bits per heavy atom. The number of benzene rings is 5. The van der Waals surface area contributed by atoms with Gasteiger partial charge in [-0.25, -0.2) is 27.6 Å². The largest absolute Gasteiger partial charge is 0.488 e. The molecule has 19 heteroatoms. The fourth-order valence-electron chi connectivity index (χ4n) is 9.96. The summed E-state index contributed by atoms with van der Waals surface area (Å²) in [6.45, 7) is 6.16. The van der Waals surface area contributed by atoms with Crippen LogP contribution < -0.4 is 19.4 Å². The maximum atomic E-state index is 15.1. The Morgan fingerprint density at radius 2 is 1.42 bits per heavy atom. The topological polar surface area (TPSA) is 106 Å². The molecular formula is C52H49F6N9O4. The number of nitrogens with zero attached hydrogens (tertiary/aromatic N) is 9. The summed E-state index contributed by atoms with van der Waals surface area (Å²) in [4.78, 5) is 26.2. The Labute approximate surface area is 405 Å². The number of amides is 2. The van der Waals surface area contributed by atoms with E-state index in [-0.39, 0.29) is 44.1 Å². The minimum Gasteiger partial charge on any atom is -0.488 e. The molecule has 10 rings (SSSR count). The second-order valence-electron chi connectivity index (χ2n) is 18.2. The molecule has 3 fully saturated rings. The average Bonchev–Trinajstić information content (AvgIpc) is 4.19. The summed E-state index contributed by atoms with van der Waals surface area (Å²) in [5.41, 5.74) is 0.144. The van der Waals surface area contributed by atoms with Crippen molar-refractivity contribution in [2.24, 2.45) is 0 Å². The van der Waals surface area contributed by atoms with Crippen LogP contribution in [0.3, 0.4) is 0 Å². The molecule has 2 amide bonds. The number of hydrogen-bond donors (Lipinski definition) is 0. The van der Waals surface area contributed by atoms with Gasteiger partial charge in [0.25, 0.3) is 0 Å². The molecular weight excluding hydrogens is 929 g/mol. The highest BCUT2D eigenvalue weighted by atomic mass is 19.4. The number of rotatable bonds is 14. The van der Waals surface area contributed by atoms with E-state index in [1.54, 1.807) is 40.1 Å². The first-order valence-corrected chi connectivity index (χ1v) is 23.2. The third-order valence-electron chi connectivity index (χ3n) is 13.3. The Balaban J connectivity index is 0.797. The van der Waals surface area contributed by atoms with E-state index in [1.807, 2.05) is 62.4 Å². The van der Waals surface area contributed by atoms with Crippen LogP contribution in [-0.2, 0) is 39.9 Å². The molecule has 13 nitrogen and oxygen atoms in total. The molecule has 7 aromatic rings. The van der Waals surface area contributed by atoms with Crippen LogP contribution in [0.15, 0.2) is 140 Å². The van der Waals surface area contributed by atoms with Gasteiger partial charge in [-0.1, -0.05) is 48.5 Å². The Bertz CT molecular complexity index is 2950. The number of ether oxygens (including phenoxy) is 3. The van der Waals surface area contributed by atoms with Crippen LogP contribution in [0.4, 0.5) is 48.2 Å². The Morgan fingerprint density at radius 3 is 2.04 bits per heavy atom. The zero-order valence-corrected chi connectivity index (χ0v) is 38.7. The van der Waals surface area contributed by atoms with E-state index in [1.165, 1.54) is 53.7 Å². The van der Waals surface area contributed by atoms with Crippen molar-refractivity contribution in [1.29, 1.82) is 0 Å². The number of alkyl halides is 3. The van der Waals surface area contributed by atoms with Gasteiger partial charge in [-0.3, -0.25) is 9.58 Å². The fraction of sp³-hybridized carbons (Fsp3) is 0.308. The molecule has 2 aromatic heterocycles. The Hall–Kier alpha value is -7.38. The first-order valence-electron chi connectivity index (χ1n) is 23.2. The number of piperazine rings is 1. The summed E-state index contributed by atoms with van der Waals surface area (Å²) in [5.74, 6) is -1.40. The fourth-order valence-corrected chi connectivity index (χ4v) is 9.96. The maximum Gasteiger partial charge on any atom is 0.433 e. The first-order chi connectivity index (χ1) is 34.2. The highest BCUT2D eigenvalue weighted by molar-refractivity contribution is 5.96. The minimum atomic E-state index is -4.76. The number of carbonyl (C=O) groups excluding carboxylic acids is 1. The summed E-state index contributed by atoms with van der Waals surface area (Å²) in [6, 6.07) is 32.9. The van der Waals surface area contributed by atoms with Crippen LogP contribution in [-0.4, -0.2) is 93.7 Å². The molecule has 3 saturated heterocycles. The number of anilines is 3. The quantitative estimate of drug-likeness (QED) is 0.0986. The summed E-state index contributed by atoms with van der Waals surface area (Å²) < 4.78 is 108. The van der Waals surface area contributed by atoms with Gasteiger partial charge in [0.2, 0.25) is 0 Å².